The maximum atomic E-state index is 9.26. The summed E-state index contributed by atoms with van der Waals surface area (Å²) in [6, 6.07) is 4.74. The van der Waals surface area contributed by atoms with Crippen LogP contribution in [0, 0.1) is 5.92 Å². The zero-order valence-electron chi connectivity index (χ0n) is 7.99. The molecule has 0 aliphatic carbocycles. The van der Waals surface area contributed by atoms with E-state index in [4.69, 9.17) is 11.5 Å². The minimum atomic E-state index is -0.118. The summed E-state index contributed by atoms with van der Waals surface area (Å²) >= 11 is 0. The lowest BCUT2D eigenvalue weighted by Gasteiger charge is -2.18. The second-order valence-electron chi connectivity index (χ2n) is 3.58. The van der Waals surface area contributed by atoms with Gasteiger partial charge in [0.2, 0.25) is 0 Å². The highest BCUT2D eigenvalue weighted by Gasteiger charge is 2.13. The van der Waals surface area contributed by atoms with Crippen molar-refractivity contribution in [3.63, 3.8) is 0 Å². The van der Waals surface area contributed by atoms with Gasteiger partial charge in [-0.3, -0.25) is 0 Å². The molecule has 0 saturated carbocycles. The maximum Gasteiger partial charge on any atom is 0.116 e. The van der Waals surface area contributed by atoms with Crippen LogP contribution >= 0.6 is 0 Å². The Morgan fingerprint density at radius 2 is 1.92 bits per heavy atom. The SMILES string of the molecule is CC(C)C(N)c1cc(O)ccc1N. The van der Waals surface area contributed by atoms with Gasteiger partial charge in [-0.1, -0.05) is 13.8 Å². The average Bonchev–Trinajstić information content (AvgIpc) is 2.08. The Kier molecular flexibility index (Phi) is 2.78. The van der Waals surface area contributed by atoms with Crippen LogP contribution in [-0.4, -0.2) is 5.11 Å². The summed E-state index contributed by atoms with van der Waals surface area (Å²) < 4.78 is 0. The summed E-state index contributed by atoms with van der Waals surface area (Å²) in [6.07, 6.45) is 0. The van der Waals surface area contributed by atoms with Gasteiger partial charge in [0.15, 0.2) is 0 Å². The van der Waals surface area contributed by atoms with E-state index in [1.54, 1.807) is 18.2 Å². The maximum absolute atomic E-state index is 9.26. The minimum absolute atomic E-state index is 0.118. The van der Waals surface area contributed by atoms with E-state index in [1.165, 1.54) is 0 Å². The van der Waals surface area contributed by atoms with Crippen LogP contribution in [0.2, 0.25) is 0 Å². The van der Waals surface area contributed by atoms with Gasteiger partial charge in [-0.25, -0.2) is 0 Å². The van der Waals surface area contributed by atoms with Crippen LogP contribution in [0.25, 0.3) is 0 Å². The summed E-state index contributed by atoms with van der Waals surface area (Å²) in [7, 11) is 0. The molecule has 1 aromatic rings. The number of hydrogen-bond acceptors (Lipinski definition) is 3. The number of nitrogens with two attached hydrogens (primary N) is 2. The normalized spacial score (nSPS) is 13.2. The number of hydrogen-bond donors (Lipinski definition) is 3. The summed E-state index contributed by atoms with van der Waals surface area (Å²) in [5.74, 6) is 0.518. The monoisotopic (exact) mass is 180 g/mol. The Hall–Kier alpha value is -1.22. The molecule has 3 nitrogen and oxygen atoms in total. The Morgan fingerprint density at radius 3 is 2.46 bits per heavy atom. The van der Waals surface area contributed by atoms with Crippen molar-refractivity contribution in [3.05, 3.63) is 23.8 Å². The molecule has 0 radical (unpaired) electrons. The van der Waals surface area contributed by atoms with Crippen molar-refractivity contribution in [1.29, 1.82) is 0 Å². The molecule has 0 amide bonds. The molecular formula is C10H16N2O. The third-order valence-electron chi connectivity index (χ3n) is 2.15. The molecule has 1 rings (SSSR count). The molecule has 3 heteroatoms. The third kappa shape index (κ3) is 2.12. The van der Waals surface area contributed by atoms with Crippen molar-refractivity contribution in [2.45, 2.75) is 19.9 Å². The van der Waals surface area contributed by atoms with Gasteiger partial charge < -0.3 is 16.6 Å². The molecule has 0 heterocycles. The first-order valence-corrected chi connectivity index (χ1v) is 4.36. The van der Waals surface area contributed by atoms with E-state index in [9.17, 15) is 5.11 Å². The fourth-order valence-corrected chi connectivity index (χ4v) is 1.21. The second-order valence-corrected chi connectivity index (χ2v) is 3.58. The Balaban J connectivity index is 3.05. The van der Waals surface area contributed by atoms with Gasteiger partial charge in [-0.05, 0) is 29.7 Å². The van der Waals surface area contributed by atoms with Crippen LogP contribution in [0.4, 0.5) is 5.69 Å². The molecule has 0 saturated heterocycles. The van der Waals surface area contributed by atoms with Gasteiger partial charge in [0, 0.05) is 11.7 Å². The van der Waals surface area contributed by atoms with E-state index in [1.807, 2.05) is 13.8 Å². The minimum Gasteiger partial charge on any atom is -0.508 e. The summed E-state index contributed by atoms with van der Waals surface area (Å²) in [5.41, 5.74) is 13.1. The van der Waals surface area contributed by atoms with E-state index in [2.05, 4.69) is 0 Å². The first kappa shape index (κ1) is 9.86. The second kappa shape index (κ2) is 3.66. The molecular weight excluding hydrogens is 164 g/mol. The van der Waals surface area contributed by atoms with Crippen LogP contribution in [0.1, 0.15) is 25.5 Å². The van der Waals surface area contributed by atoms with Gasteiger partial charge in [0.25, 0.3) is 0 Å². The standard InChI is InChI=1S/C10H16N2O/c1-6(2)10(12)8-5-7(13)3-4-9(8)11/h3-6,10,13H,11-12H2,1-2H3. The Bertz CT molecular complexity index is 297. The summed E-state index contributed by atoms with van der Waals surface area (Å²) in [5, 5.41) is 9.26. The lowest BCUT2D eigenvalue weighted by molar-refractivity contribution is 0.469. The molecule has 1 atom stereocenters. The van der Waals surface area contributed by atoms with Gasteiger partial charge in [0.05, 0.1) is 0 Å². The van der Waals surface area contributed by atoms with Crippen molar-refractivity contribution in [2.24, 2.45) is 11.7 Å². The van der Waals surface area contributed by atoms with Crippen LogP contribution in [0.5, 0.6) is 5.75 Å². The van der Waals surface area contributed by atoms with E-state index in [0.717, 1.165) is 5.56 Å². The predicted octanol–water partition coefficient (Wildman–Crippen LogP) is 1.63. The van der Waals surface area contributed by atoms with Crippen molar-refractivity contribution >= 4 is 5.69 Å². The molecule has 1 unspecified atom stereocenters. The lowest BCUT2D eigenvalue weighted by Crippen LogP contribution is -2.18. The highest BCUT2D eigenvalue weighted by molar-refractivity contribution is 5.51. The molecule has 0 fully saturated rings. The van der Waals surface area contributed by atoms with Crippen LogP contribution in [0.15, 0.2) is 18.2 Å². The van der Waals surface area contributed by atoms with Crippen molar-refractivity contribution in [3.8, 4) is 5.75 Å². The molecule has 0 aromatic heterocycles. The molecule has 1 aromatic carbocycles. The molecule has 72 valence electrons. The van der Waals surface area contributed by atoms with E-state index >= 15 is 0 Å². The molecule has 5 N–H and O–H groups in total. The zero-order chi connectivity index (χ0) is 10.0. The molecule has 0 spiro atoms. The lowest BCUT2D eigenvalue weighted by atomic mass is 9.95. The number of phenols is 1. The molecule has 0 aliphatic heterocycles. The van der Waals surface area contributed by atoms with Crippen LogP contribution in [0.3, 0.4) is 0 Å². The number of nitrogen functional groups attached to an aromatic ring is 1. The van der Waals surface area contributed by atoms with Gasteiger partial charge in [-0.15, -0.1) is 0 Å². The quantitative estimate of drug-likeness (QED) is 0.478. The number of phenolic OH excluding ortho intramolecular Hbond substituents is 1. The Morgan fingerprint density at radius 1 is 1.31 bits per heavy atom. The number of aromatic hydroxyl groups is 1. The highest BCUT2D eigenvalue weighted by Crippen LogP contribution is 2.27. The summed E-state index contributed by atoms with van der Waals surface area (Å²) in [6.45, 7) is 4.04. The number of rotatable bonds is 2. The van der Waals surface area contributed by atoms with E-state index in [0.29, 0.717) is 11.6 Å². The first-order chi connectivity index (χ1) is 6.02. The molecule has 0 bridgehead atoms. The van der Waals surface area contributed by atoms with Crippen molar-refractivity contribution < 1.29 is 5.11 Å². The van der Waals surface area contributed by atoms with Gasteiger partial charge in [-0.2, -0.15) is 0 Å². The highest BCUT2D eigenvalue weighted by atomic mass is 16.3. The topological polar surface area (TPSA) is 72.3 Å². The fourth-order valence-electron chi connectivity index (χ4n) is 1.21. The van der Waals surface area contributed by atoms with Crippen LogP contribution < -0.4 is 11.5 Å². The fraction of sp³-hybridized carbons (Fsp3) is 0.400. The predicted molar refractivity (Wildman–Crippen MR) is 54.3 cm³/mol. The third-order valence-corrected chi connectivity index (χ3v) is 2.15. The van der Waals surface area contributed by atoms with E-state index < -0.39 is 0 Å². The largest absolute Gasteiger partial charge is 0.508 e. The summed E-state index contributed by atoms with van der Waals surface area (Å²) in [4.78, 5) is 0. The smallest absolute Gasteiger partial charge is 0.116 e. The average molecular weight is 180 g/mol. The van der Waals surface area contributed by atoms with E-state index in [-0.39, 0.29) is 11.8 Å². The molecule has 0 aliphatic rings. The van der Waals surface area contributed by atoms with Crippen LogP contribution in [-0.2, 0) is 0 Å². The molecule has 13 heavy (non-hydrogen) atoms. The van der Waals surface area contributed by atoms with Gasteiger partial charge >= 0.3 is 0 Å². The first-order valence-electron chi connectivity index (χ1n) is 4.36. The number of anilines is 1. The van der Waals surface area contributed by atoms with Crippen molar-refractivity contribution in [1.82, 2.24) is 0 Å². The van der Waals surface area contributed by atoms with Gasteiger partial charge in [0.1, 0.15) is 5.75 Å². The number of benzene rings is 1. The Labute approximate surface area is 78.4 Å². The van der Waals surface area contributed by atoms with Crippen molar-refractivity contribution in [2.75, 3.05) is 5.73 Å². The zero-order valence-corrected chi connectivity index (χ0v) is 7.99.